The molecule has 0 aromatic carbocycles. The van der Waals surface area contributed by atoms with Crippen molar-refractivity contribution in [3.05, 3.63) is 18.2 Å². The summed E-state index contributed by atoms with van der Waals surface area (Å²) in [4.78, 5) is 6.40. The number of nitrogens with one attached hydrogen (secondary N) is 1. The van der Waals surface area contributed by atoms with E-state index in [0.717, 1.165) is 18.9 Å². The Morgan fingerprint density at radius 1 is 1.50 bits per heavy atom. The quantitative estimate of drug-likeness (QED) is 0.752. The summed E-state index contributed by atoms with van der Waals surface area (Å²) in [6.07, 6.45) is 0. The Hall–Kier alpha value is -1.29. The molecule has 0 bridgehead atoms. The van der Waals surface area contributed by atoms with Gasteiger partial charge in [-0.1, -0.05) is 6.07 Å². The van der Waals surface area contributed by atoms with Crippen LogP contribution in [0.5, 0.6) is 5.88 Å². The first-order chi connectivity index (χ1) is 6.77. The van der Waals surface area contributed by atoms with Crippen molar-refractivity contribution in [1.82, 2.24) is 10.3 Å². The third-order valence-electron chi connectivity index (χ3n) is 2.01. The molecule has 0 amide bonds. The normalized spacial score (nSPS) is 9.93. The standard InChI is InChI=1S/C10H17N3O/c1-11-7-8-13(2)9-5-4-6-10(12-9)14-3/h4-6,11H,7-8H2,1-3H3. The molecule has 0 fully saturated rings. The number of hydrogen-bond donors (Lipinski definition) is 1. The van der Waals surface area contributed by atoms with Crippen LogP contribution in [0.4, 0.5) is 5.82 Å². The van der Waals surface area contributed by atoms with Gasteiger partial charge in [0, 0.05) is 26.2 Å². The molecule has 0 saturated heterocycles. The Morgan fingerprint density at radius 3 is 2.93 bits per heavy atom. The summed E-state index contributed by atoms with van der Waals surface area (Å²) < 4.78 is 5.06. The van der Waals surface area contributed by atoms with Crippen molar-refractivity contribution in [3.63, 3.8) is 0 Å². The van der Waals surface area contributed by atoms with Crippen molar-refractivity contribution < 1.29 is 4.74 Å². The Kier molecular flexibility index (Phi) is 4.19. The zero-order chi connectivity index (χ0) is 10.4. The number of nitrogens with zero attached hydrogens (tertiary/aromatic N) is 2. The van der Waals surface area contributed by atoms with Gasteiger partial charge in [-0.15, -0.1) is 0 Å². The van der Waals surface area contributed by atoms with Gasteiger partial charge in [-0.25, -0.2) is 0 Å². The topological polar surface area (TPSA) is 37.4 Å². The summed E-state index contributed by atoms with van der Waals surface area (Å²) in [6.45, 7) is 1.87. The van der Waals surface area contributed by atoms with Gasteiger partial charge in [-0.2, -0.15) is 4.98 Å². The predicted molar refractivity (Wildman–Crippen MR) is 58.0 cm³/mol. The number of hydrogen-bond acceptors (Lipinski definition) is 4. The maximum Gasteiger partial charge on any atom is 0.214 e. The van der Waals surface area contributed by atoms with Gasteiger partial charge in [0.2, 0.25) is 5.88 Å². The van der Waals surface area contributed by atoms with E-state index in [1.165, 1.54) is 0 Å². The second kappa shape index (κ2) is 5.44. The van der Waals surface area contributed by atoms with Crippen LogP contribution >= 0.6 is 0 Å². The van der Waals surface area contributed by atoms with E-state index in [2.05, 4.69) is 15.2 Å². The first-order valence-electron chi connectivity index (χ1n) is 4.64. The van der Waals surface area contributed by atoms with Gasteiger partial charge in [0.1, 0.15) is 5.82 Å². The van der Waals surface area contributed by atoms with Crippen molar-refractivity contribution in [1.29, 1.82) is 0 Å². The van der Waals surface area contributed by atoms with Gasteiger partial charge in [0.05, 0.1) is 7.11 Å². The smallest absolute Gasteiger partial charge is 0.214 e. The summed E-state index contributed by atoms with van der Waals surface area (Å²) in [5.74, 6) is 1.58. The lowest BCUT2D eigenvalue weighted by atomic mass is 10.4. The summed E-state index contributed by atoms with van der Waals surface area (Å²) in [6, 6.07) is 5.75. The fraction of sp³-hybridized carbons (Fsp3) is 0.500. The zero-order valence-electron chi connectivity index (χ0n) is 8.95. The fourth-order valence-corrected chi connectivity index (χ4v) is 1.12. The lowest BCUT2D eigenvalue weighted by molar-refractivity contribution is 0.398. The SMILES string of the molecule is CNCCN(C)c1cccc(OC)n1. The zero-order valence-corrected chi connectivity index (χ0v) is 8.95. The minimum Gasteiger partial charge on any atom is -0.481 e. The number of pyridine rings is 1. The molecule has 78 valence electrons. The molecule has 1 aromatic heterocycles. The fourth-order valence-electron chi connectivity index (χ4n) is 1.12. The van der Waals surface area contributed by atoms with Crippen molar-refractivity contribution in [2.24, 2.45) is 0 Å². The van der Waals surface area contributed by atoms with Crippen LogP contribution < -0.4 is 15.0 Å². The molecule has 1 aromatic rings. The number of methoxy groups -OCH3 is 1. The number of anilines is 1. The molecule has 1 N–H and O–H groups in total. The van der Waals surface area contributed by atoms with Gasteiger partial charge in [-0.05, 0) is 13.1 Å². The summed E-state index contributed by atoms with van der Waals surface area (Å²) >= 11 is 0. The van der Waals surface area contributed by atoms with Crippen LogP contribution in [0.15, 0.2) is 18.2 Å². The molecule has 4 nitrogen and oxygen atoms in total. The van der Waals surface area contributed by atoms with Gasteiger partial charge >= 0.3 is 0 Å². The number of likely N-dealkylation sites (N-methyl/N-ethyl adjacent to an activating group) is 2. The van der Waals surface area contributed by atoms with Gasteiger partial charge in [-0.3, -0.25) is 0 Å². The molecule has 0 aliphatic heterocycles. The highest BCUT2D eigenvalue weighted by atomic mass is 16.5. The lowest BCUT2D eigenvalue weighted by Crippen LogP contribution is -2.27. The maximum atomic E-state index is 5.06. The molecule has 0 aliphatic carbocycles. The molecule has 0 aliphatic rings. The third kappa shape index (κ3) is 2.88. The molecule has 0 atom stereocenters. The monoisotopic (exact) mass is 195 g/mol. The van der Waals surface area contributed by atoms with Crippen molar-refractivity contribution in [3.8, 4) is 5.88 Å². The summed E-state index contributed by atoms with van der Waals surface area (Å²) in [7, 11) is 5.58. The van der Waals surface area contributed by atoms with E-state index in [-0.39, 0.29) is 0 Å². The Morgan fingerprint density at radius 2 is 2.29 bits per heavy atom. The summed E-state index contributed by atoms with van der Waals surface area (Å²) in [5, 5.41) is 3.10. The van der Waals surface area contributed by atoms with E-state index < -0.39 is 0 Å². The van der Waals surface area contributed by atoms with Crippen LogP contribution in [0.2, 0.25) is 0 Å². The predicted octanol–water partition coefficient (Wildman–Crippen LogP) is 0.746. The van der Waals surface area contributed by atoms with E-state index in [1.807, 2.05) is 32.3 Å². The third-order valence-corrected chi connectivity index (χ3v) is 2.01. The first-order valence-corrected chi connectivity index (χ1v) is 4.64. The Balaban J connectivity index is 2.64. The van der Waals surface area contributed by atoms with E-state index in [0.29, 0.717) is 5.88 Å². The van der Waals surface area contributed by atoms with E-state index >= 15 is 0 Å². The van der Waals surface area contributed by atoms with Gasteiger partial charge in [0.15, 0.2) is 0 Å². The minimum absolute atomic E-state index is 0.652. The highest BCUT2D eigenvalue weighted by molar-refractivity contribution is 5.39. The number of aromatic nitrogens is 1. The largest absolute Gasteiger partial charge is 0.481 e. The highest BCUT2D eigenvalue weighted by Crippen LogP contribution is 2.13. The van der Waals surface area contributed by atoms with Gasteiger partial charge in [0.25, 0.3) is 0 Å². The molecular formula is C10H17N3O. The van der Waals surface area contributed by atoms with E-state index in [9.17, 15) is 0 Å². The van der Waals surface area contributed by atoms with Crippen LogP contribution in [0, 0.1) is 0 Å². The number of rotatable bonds is 5. The van der Waals surface area contributed by atoms with Crippen LogP contribution in [0.25, 0.3) is 0 Å². The average Bonchev–Trinajstić information content (AvgIpc) is 2.26. The lowest BCUT2D eigenvalue weighted by Gasteiger charge is -2.17. The van der Waals surface area contributed by atoms with Crippen LogP contribution in [0.3, 0.4) is 0 Å². The molecule has 0 radical (unpaired) electrons. The van der Waals surface area contributed by atoms with Gasteiger partial charge < -0.3 is 15.0 Å². The second-order valence-corrected chi connectivity index (χ2v) is 3.06. The van der Waals surface area contributed by atoms with Crippen LogP contribution in [-0.2, 0) is 0 Å². The molecule has 0 saturated carbocycles. The van der Waals surface area contributed by atoms with E-state index in [4.69, 9.17) is 4.74 Å². The van der Waals surface area contributed by atoms with Crippen molar-refractivity contribution in [2.75, 3.05) is 39.2 Å². The number of ether oxygens (including phenoxy) is 1. The molecule has 1 heterocycles. The summed E-state index contributed by atoms with van der Waals surface area (Å²) in [5.41, 5.74) is 0. The maximum absolute atomic E-state index is 5.06. The van der Waals surface area contributed by atoms with Crippen molar-refractivity contribution in [2.45, 2.75) is 0 Å². The van der Waals surface area contributed by atoms with E-state index in [1.54, 1.807) is 7.11 Å². The van der Waals surface area contributed by atoms with Crippen LogP contribution in [0.1, 0.15) is 0 Å². The second-order valence-electron chi connectivity index (χ2n) is 3.06. The minimum atomic E-state index is 0.652. The molecule has 14 heavy (non-hydrogen) atoms. The average molecular weight is 195 g/mol. The molecule has 4 heteroatoms. The van der Waals surface area contributed by atoms with Crippen molar-refractivity contribution >= 4 is 5.82 Å². The molecule has 0 unspecified atom stereocenters. The Labute approximate surface area is 84.9 Å². The Bertz CT molecular complexity index is 278. The first kappa shape index (κ1) is 10.8. The molecular weight excluding hydrogens is 178 g/mol. The highest BCUT2D eigenvalue weighted by Gasteiger charge is 2.02. The van der Waals surface area contributed by atoms with Crippen LogP contribution in [-0.4, -0.2) is 39.3 Å². The molecule has 0 spiro atoms. The molecule has 1 rings (SSSR count).